The Morgan fingerprint density at radius 1 is 1.19 bits per heavy atom. The van der Waals surface area contributed by atoms with E-state index in [1.807, 2.05) is 26.8 Å². The minimum Gasteiger partial charge on any atom is -0.381 e. The number of H-pyrrole nitrogens is 1. The van der Waals surface area contributed by atoms with Crippen LogP contribution in [0.2, 0.25) is 0 Å². The molecule has 10 heteroatoms. The maximum absolute atomic E-state index is 12.8. The fourth-order valence-corrected chi connectivity index (χ4v) is 4.22. The molecule has 2 aliphatic rings. The van der Waals surface area contributed by atoms with E-state index in [4.69, 9.17) is 9.72 Å². The lowest BCUT2D eigenvalue weighted by Gasteiger charge is -2.44. The van der Waals surface area contributed by atoms with Crippen LogP contribution in [0.5, 0.6) is 0 Å². The minimum absolute atomic E-state index is 0.0756. The number of hydrogen-bond acceptors (Lipinski definition) is 8. The van der Waals surface area contributed by atoms with Gasteiger partial charge < -0.3 is 19.9 Å². The molecule has 1 fully saturated rings. The molecule has 1 amide bonds. The van der Waals surface area contributed by atoms with Crippen molar-refractivity contribution in [2.45, 2.75) is 39.2 Å². The molecule has 0 aromatic carbocycles. The summed E-state index contributed by atoms with van der Waals surface area (Å²) in [5, 5.41) is 10.8. The van der Waals surface area contributed by atoms with Crippen LogP contribution in [-0.2, 0) is 9.53 Å². The number of fused-ring (bicyclic) bond motifs is 1. The molecule has 3 aromatic heterocycles. The predicted octanol–water partition coefficient (Wildman–Crippen LogP) is 2.60. The monoisotopic (exact) mass is 434 g/mol. The molecule has 166 valence electrons. The van der Waals surface area contributed by atoms with Gasteiger partial charge in [-0.05, 0) is 51.2 Å². The van der Waals surface area contributed by atoms with Crippen molar-refractivity contribution in [1.29, 1.82) is 0 Å². The maximum Gasteiger partial charge on any atom is 0.250 e. The minimum atomic E-state index is -0.734. The van der Waals surface area contributed by atoms with Crippen molar-refractivity contribution in [3.8, 4) is 22.8 Å². The molecule has 0 bridgehead atoms. The number of nitrogens with one attached hydrogen (secondary N) is 2. The number of anilines is 2. The Morgan fingerprint density at radius 2 is 2.00 bits per heavy atom. The van der Waals surface area contributed by atoms with E-state index >= 15 is 0 Å². The average Bonchev–Trinajstić information content (AvgIpc) is 3.33. The van der Waals surface area contributed by atoms with E-state index in [1.165, 1.54) is 6.33 Å². The third kappa shape index (κ3) is 3.60. The molecule has 2 N–H and O–H groups in total. The van der Waals surface area contributed by atoms with Crippen molar-refractivity contribution >= 4 is 17.5 Å². The molecule has 1 saturated heterocycles. The van der Waals surface area contributed by atoms with E-state index in [0.29, 0.717) is 34.8 Å². The summed E-state index contributed by atoms with van der Waals surface area (Å²) in [5.41, 5.74) is 2.56. The van der Waals surface area contributed by atoms with Crippen molar-refractivity contribution in [1.82, 2.24) is 30.1 Å². The lowest BCUT2D eigenvalue weighted by molar-refractivity contribution is -0.120. The highest BCUT2D eigenvalue weighted by Gasteiger charge is 2.42. The highest BCUT2D eigenvalue weighted by atomic mass is 16.5. The summed E-state index contributed by atoms with van der Waals surface area (Å²) in [5.74, 6) is 2.17. The van der Waals surface area contributed by atoms with Crippen molar-refractivity contribution in [3.63, 3.8) is 0 Å². The lowest BCUT2D eigenvalue weighted by atomic mass is 9.93. The zero-order valence-electron chi connectivity index (χ0n) is 18.4. The number of nitrogens with zero attached hydrogens (tertiary/aromatic N) is 6. The summed E-state index contributed by atoms with van der Waals surface area (Å²) >= 11 is 0. The van der Waals surface area contributed by atoms with Gasteiger partial charge in [0, 0.05) is 31.5 Å². The van der Waals surface area contributed by atoms with Gasteiger partial charge >= 0.3 is 0 Å². The Kier molecular flexibility index (Phi) is 5.09. The van der Waals surface area contributed by atoms with Crippen molar-refractivity contribution < 1.29 is 9.53 Å². The van der Waals surface area contributed by atoms with Crippen LogP contribution in [0.3, 0.4) is 0 Å². The first kappa shape index (κ1) is 20.5. The molecule has 0 aliphatic carbocycles. The van der Waals surface area contributed by atoms with E-state index in [1.54, 1.807) is 12.4 Å². The molecule has 10 nitrogen and oxygen atoms in total. The van der Waals surface area contributed by atoms with Gasteiger partial charge in [-0.25, -0.2) is 9.97 Å². The molecule has 5 heterocycles. The summed E-state index contributed by atoms with van der Waals surface area (Å²) < 4.78 is 5.51. The normalized spacial score (nSPS) is 18.3. The van der Waals surface area contributed by atoms with Crippen LogP contribution in [0, 0.1) is 12.8 Å². The Bertz CT molecular complexity index is 1140. The first-order chi connectivity index (χ1) is 15.4. The zero-order chi connectivity index (χ0) is 22.3. The molecule has 0 unspecified atom stereocenters. The van der Waals surface area contributed by atoms with Gasteiger partial charge in [0.15, 0.2) is 17.5 Å². The van der Waals surface area contributed by atoms with Gasteiger partial charge in [0.2, 0.25) is 0 Å². The number of carbonyl (C=O) groups excluding carboxylic acids is 1. The number of rotatable bonds is 4. The van der Waals surface area contributed by atoms with Gasteiger partial charge in [-0.15, -0.1) is 10.2 Å². The standard InChI is InChI=1S/C22H26N8O2/c1-13-8-16(18-25-12-26-29-18)23-9-15(13)17-10-24-19-20(27-17)30(22(2,3)21(31)28-19)11-14-4-6-32-7-5-14/h8-10,12,14H,4-7,11H2,1-3H3,(H,24,28,31)(H,25,26,29). The van der Waals surface area contributed by atoms with Crippen LogP contribution < -0.4 is 10.2 Å². The number of aryl methyl sites for hydroxylation is 1. The van der Waals surface area contributed by atoms with Crippen LogP contribution in [0.15, 0.2) is 24.8 Å². The van der Waals surface area contributed by atoms with E-state index in [-0.39, 0.29) is 5.91 Å². The summed E-state index contributed by atoms with van der Waals surface area (Å²) in [7, 11) is 0. The lowest BCUT2D eigenvalue weighted by Crippen LogP contribution is -2.58. The van der Waals surface area contributed by atoms with Crippen LogP contribution >= 0.6 is 0 Å². The number of hydrogen-bond donors (Lipinski definition) is 2. The molecule has 0 radical (unpaired) electrons. The molecule has 0 atom stereocenters. The highest BCUT2D eigenvalue weighted by Crippen LogP contribution is 2.37. The maximum atomic E-state index is 12.8. The number of carbonyl (C=O) groups is 1. The molecular formula is C22H26N8O2. The predicted molar refractivity (Wildman–Crippen MR) is 119 cm³/mol. The van der Waals surface area contributed by atoms with Gasteiger partial charge in [-0.2, -0.15) is 0 Å². The first-order valence-corrected chi connectivity index (χ1v) is 10.8. The SMILES string of the molecule is Cc1cc(-c2nnc[nH]2)ncc1-c1cnc2c(n1)N(CC1CCOCC1)C(C)(C)C(=O)N2. The third-order valence-electron chi connectivity index (χ3n) is 6.30. The second-order valence-corrected chi connectivity index (χ2v) is 8.83. The summed E-state index contributed by atoms with van der Waals surface area (Å²) in [6.07, 6.45) is 6.94. The number of ether oxygens (including phenoxy) is 1. The second-order valence-electron chi connectivity index (χ2n) is 8.83. The number of pyridine rings is 1. The second kappa shape index (κ2) is 7.94. The first-order valence-electron chi connectivity index (χ1n) is 10.8. The zero-order valence-corrected chi connectivity index (χ0v) is 18.4. The Hall–Kier alpha value is -3.40. The van der Waals surface area contributed by atoms with Gasteiger partial charge in [-0.3, -0.25) is 9.78 Å². The fourth-order valence-electron chi connectivity index (χ4n) is 4.22. The van der Waals surface area contributed by atoms with E-state index < -0.39 is 5.54 Å². The topological polar surface area (TPSA) is 122 Å². The smallest absolute Gasteiger partial charge is 0.250 e. The highest BCUT2D eigenvalue weighted by molar-refractivity contribution is 6.04. The average molecular weight is 435 g/mol. The largest absolute Gasteiger partial charge is 0.381 e. The van der Waals surface area contributed by atoms with Crippen molar-refractivity contribution in [2.24, 2.45) is 5.92 Å². The molecular weight excluding hydrogens is 408 g/mol. The molecule has 3 aromatic rings. The Balaban J connectivity index is 1.52. The Labute approximate surface area is 185 Å². The van der Waals surface area contributed by atoms with E-state index in [2.05, 4.69) is 35.4 Å². The van der Waals surface area contributed by atoms with Crippen molar-refractivity contribution in [2.75, 3.05) is 30.0 Å². The Morgan fingerprint density at radius 3 is 2.72 bits per heavy atom. The summed E-state index contributed by atoms with van der Waals surface area (Å²) in [6, 6.07) is 1.95. The van der Waals surface area contributed by atoms with Crippen LogP contribution in [0.4, 0.5) is 11.6 Å². The molecule has 5 rings (SSSR count). The molecule has 0 saturated carbocycles. The quantitative estimate of drug-likeness (QED) is 0.643. The van der Waals surface area contributed by atoms with Gasteiger partial charge in [0.05, 0.1) is 11.9 Å². The van der Waals surface area contributed by atoms with Gasteiger partial charge in [-0.1, -0.05) is 0 Å². The van der Waals surface area contributed by atoms with Crippen LogP contribution in [0.1, 0.15) is 32.3 Å². The van der Waals surface area contributed by atoms with Crippen molar-refractivity contribution in [3.05, 3.63) is 30.4 Å². The van der Waals surface area contributed by atoms with Gasteiger partial charge in [0.25, 0.3) is 5.91 Å². The van der Waals surface area contributed by atoms with Crippen LogP contribution in [0.25, 0.3) is 22.8 Å². The number of aromatic amines is 1. The van der Waals surface area contributed by atoms with E-state index in [0.717, 1.165) is 43.7 Å². The summed E-state index contributed by atoms with van der Waals surface area (Å²) in [6.45, 7) is 8.11. The molecule has 2 aliphatic heterocycles. The molecule has 0 spiro atoms. The molecule has 32 heavy (non-hydrogen) atoms. The number of aromatic nitrogens is 6. The summed E-state index contributed by atoms with van der Waals surface area (Å²) in [4.78, 5) is 31.9. The van der Waals surface area contributed by atoms with E-state index in [9.17, 15) is 4.79 Å². The van der Waals surface area contributed by atoms with Gasteiger partial charge in [0.1, 0.15) is 17.6 Å². The fraction of sp³-hybridized carbons (Fsp3) is 0.455. The van der Waals surface area contributed by atoms with Crippen LogP contribution in [-0.4, -0.2) is 61.3 Å². The number of amides is 1. The third-order valence-corrected chi connectivity index (χ3v) is 6.30.